The molecule has 1 aliphatic carbocycles. The number of nitrogens with two attached hydrogens (primary N) is 1. The van der Waals surface area contributed by atoms with Gasteiger partial charge in [-0.1, -0.05) is 24.4 Å². The number of carbonyl (C=O) groups is 2. The van der Waals surface area contributed by atoms with Gasteiger partial charge in [0.25, 0.3) is 5.91 Å². The Balaban J connectivity index is 1.77. The molecular formula is C15H17N3O4. The summed E-state index contributed by atoms with van der Waals surface area (Å²) in [7, 11) is 0. The molecule has 1 saturated carbocycles. The van der Waals surface area contributed by atoms with E-state index < -0.39 is 17.4 Å². The SMILES string of the molecule is NC(=O)C1(NC(=O)c2cc(-c3ccco3)on2)CCCCC1. The molecule has 3 N–H and O–H groups in total. The van der Waals surface area contributed by atoms with Gasteiger partial charge in [-0.05, 0) is 25.0 Å². The highest BCUT2D eigenvalue weighted by atomic mass is 16.5. The Hall–Kier alpha value is -2.57. The number of hydrogen-bond donors (Lipinski definition) is 2. The van der Waals surface area contributed by atoms with E-state index in [2.05, 4.69) is 10.5 Å². The fourth-order valence-electron chi connectivity index (χ4n) is 2.79. The van der Waals surface area contributed by atoms with Crippen LogP contribution in [-0.4, -0.2) is 22.5 Å². The van der Waals surface area contributed by atoms with Crippen molar-refractivity contribution in [2.45, 2.75) is 37.6 Å². The van der Waals surface area contributed by atoms with Crippen molar-refractivity contribution >= 4 is 11.8 Å². The highest BCUT2D eigenvalue weighted by Gasteiger charge is 2.39. The van der Waals surface area contributed by atoms with Crippen LogP contribution in [0.5, 0.6) is 0 Å². The maximum Gasteiger partial charge on any atom is 0.274 e. The summed E-state index contributed by atoms with van der Waals surface area (Å²) in [6, 6.07) is 4.89. The van der Waals surface area contributed by atoms with E-state index in [4.69, 9.17) is 14.7 Å². The zero-order valence-corrected chi connectivity index (χ0v) is 12.0. The largest absolute Gasteiger partial charge is 0.461 e. The van der Waals surface area contributed by atoms with Gasteiger partial charge in [0.2, 0.25) is 11.7 Å². The number of furan rings is 1. The lowest BCUT2D eigenvalue weighted by Crippen LogP contribution is -2.58. The second-order valence-corrected chi connectivity index (χ2v) is 5.51. The van der Waals surface area contributed by atoms with Crippen molar-refractivity contribution in [1.29, 1.82) is 0 Å². The molecule has 116 valence electrons. The summed E-state index contributed by atoms with van der Waals surface area (Å²) in [4.78, 5) is 24.1. The van der Waals surface area contributed by atoms with E-state index in [9.17, 15) is 9.59 Å². The van der Waals surface area contributed by atoms with Crippen LogP contribution in [0.1, 0.15) is 42.6 Å². The Morgan fingerprint density at radius 1 is 1.23 bits per heavy atom. The van der Waals surface area contributed by atoms with Gasteiger partial charge >= 0.3 is 0 Å². The third-order valence-electron chi connectivity index (χ3n) is 4.04. The standard InChI is InChI=1S/C15H17N3O4/c16-14(20)15(6-2-1-3-7-15)17-13(19)10-9-12(22-18-10)11-5-4-8-21-11/h4-5,8-9H,1-3,6-7H2,(H2,16,20)(H,17,19). The Bertz CT molecular complexity index is 669. The van der Waals surface area contributed by atoms with Gasteiger partial charge in [0.15, 0.2) is 11.5 Å². The molecule has 0 radical (unpaired) electrons. The summed E-state index contributed by atoms with van der Waals surface area (Å²) in [5.41, 5.74) is 4.61. The van der Waals surface area contributed by atoms with Crippen molar-refractivity contribution in [3.05, 3.63) is 30.2 Å². The number of nitrogens with zero attached hydrogens (tertiary/aromatic N) is 1. The van der Waals surface area contributed by atoms with E-state index in [1.165, 1.54) is 12.3 Å². The molecule has 22 heavy (non-hydrogen) atoms. The smallest absolute Gasteiger partial charge is 0.274 e. The average Bonchev–Trinajstić information content (AvgIpc) is 3.19. The molecule has 2 aromatic heterocycles. The first-order valence-electron chi connectivity index (χ1n) is 7.24. The molecular weight excluding hydrogens is 286 g/mol. The minimum atomic E-state index is -0.987. The topological polar surface area (TPSA) is 111 Å². The summed E-state index contributed by atoms with van der Waals surface area (Å²) in [5, 5.41) is 6.47. The van der Waals surface area contributed by atoms with E-state index in [1.807, 2.05) is 0 Å². The molecule has 0 bridgehead atoms. The highest BCUT2D eigenvalue weighted by Crippen LogP contribution is 2.28. The fourth-order valence-corrected chi connectivity index (χ4v) is 2.79. The van der Waals surface area contributed by atoms with Gasteiger partial charge in [0.1, 0.15) is 5.54 Å². The van der Waals surface area contributed by atoms with Crippen LogP contribution < -0.4 is 11.1 Å². The Morgan fingerprint density at radius 2 is 2.00 bits per heavy atom. The van der Waals surface area contributed by atoms with Crippen LogP contribution in [0.25, 0.3) is 11.5 Å². The van der Waals surface area contributed by atoms with Gasteiger partial charge in [0.05, 0.1) is 6.26 Å². The van der Waals surface area contributed by atoms with E-state index >= 15 is 0 Å². The Kier molecular flexibility index (Phi) is 3.70. The van der Waals surface area contributed by atoms with Gasteiger partial charge in [-0.3, -0.25) is 9.59 Å². The number of amides is 2. The van der Waals surface area contributed by atoms with Crippen LogP contribution in [0.2, 0.25) is 0 Å². The summed E-state index contributed by atoms with van der Waals surface area (Å²) in [5.74, 6) is -0.140. The predicted octanol–water partition coefficient (Wildman–Crippen LogP) is 1.85. The molecule has 2 aromatic rings. The first kappa shape index (κ1) is 14.4. The van der Waals surface area contributed by atoms with Crippen LogP contribution >= 0.6 is 0 Å². The molecule has 7 heteroatoms. The molecule has 0 atom stereocenters. The fraction of sp³-hybridized carbons (Fsp3) is 0.400. The lowest BCUT2D eigenvalue weighted by atomic mass is 9.81. The molecule has 2 heterocycles. The zero-order chi connectivity index (χ0) is 15.6. The normalized spacial score (nSPS) is 17.1. The van der Waals surface area contributed by atoms with E-state index in [1.54, 1.807) is 12.1 Å². The van der Waals surface area contributed by atoms with Crippen LogP contribution in [0, 0.1) is 0 Å². The first-order valence-corrected chi connectivity index (χ1v) is 7.24. The highest BCUT2D eigenvalue weighted by molar-refractivity contribution is 5.98. The summed E-state index contributed by atoms with van der Waals surface area (Å²) >= 11 is 0. The Labute approximate surface area is 126 Å². The molecule has 3 rings (SSSR count). The number of rotatable bonds is 4. The second kappa shape index (κ2) is 5.67. The van der Waals surface area contributed by atoms with Crippen molar-refractivity contribution in [3.8, 4) is 11.5 Å². The van der Waals surface area contributed by atoms with E-state index in [-0.39, 0.29) is 5.69 Å². The summed E-state index contributed by atoms with van der Waals surface area (Å²) in [6.45, 7) is 0. The van der Waals surface area contributed by atoms with Crippen molar-refractivity contribution in [1.82, 2.24) is 10.5 Å². The minimum absolute atomic E-state index is 0.0950. The molecule has 0 spiro atoms. The first-order chi connectivity index (χ1) is 10.6. The monoisotopic (exact) mass is 303 g/mol. The second-order valence-electron chi connectivity index (χ2n) is 5.51. The van der Waals surface area contributed by atoms with Crippen molar-refractivity contribution in [2.75, 3.05) is 0 Å². The molecule has 0 aliphatic heterocycles. The van der Waals surface area contributed by atoms with Crippen LogP contribution in [-0.2, 0) is 4.79 Å². The number of hydrogen-bond acceptors (Lipinski definition) is 5. The molecule has 0 aromatic carbocycles. The maximum absolute atomic E-state index is 12.3. The van der Waals surface area contributed by atoms with Crippen molar-refractivity contribution in [2.24, 2.45) is 5.73 Å². The quantitative estimate of drug-likeness (QED) is 0.895. The molecule has 0 unspecified atom stereocenters. The third kappa shape index (κ3) is 2.61. The van der Waals surface area contributed by atoms with Crippen LogP contribution in [0.15, 0.2) is 33.4 Å². The average molecular weight is 303 g/mol. The molecule has 1 aliphatic rings. The lowest BCUT2D eigenvalue weighted by molar-refractivity contribution is -0.125. The maximum atomic E-state index is 12.3. The molecule has 7 nitrogen and oxygen atoms in total. The number of primary amides is 1. The predicted molar refractivity (Wildman–Crippen MR) is 76.7 cm³/mol. The van der Waals surface area contributed by atoms with Crippen LogP contribution in [0.3, 0.4) is 0 Å². The molecule has 1 fully saturated rings. The minimum Gasteiger partial charge on any atom is -0.461 e. The molecule has 2 amide bonds. The zero-order valence-electron chi connectivity index (χ0n) is 12.0. The lowest BCUT2D eigenvalue weighted by Gasteiger charge is -2.34. The third-order valence-corrected chi connectivity index (χ3v) is 4.04. The van der Waals surface area contributed by atoms with Gasteiger partial charge in [0, 0.05) is 6.07 Å². The summed E-state index contributed by atoms with van der Waals surface area (Å²) < 4.78 is 10.3. The van der Waals surface area contributed by atoms with Gasteiger partial charge in [-0.25, -0.2) is 0 Å². The van der Waals surface area contributed by atoms with Gasteiger partial charge < -0.3 is 20.0 Å². The Morgan fingerprint density at radius 3 is 2.64 bits per heavy atom. The van der Waals surface area contributed by atoms with Crippen LogP contribution in [0.4, 0.5) is 0 Å². The van der Waals surface area contributed by atoms with E-state index in [0.29, 0.717) is 24.4 Å². The van der Waals surface area contributed by atoms with Crippen molar-refractivity contribution < 1.29 is 18.5 Å². The molecule has 0 saturated heterocycles. The number of nitrogens with one attached hydrogen (secondary N) is 1. The van der Waals surface area contributed by atoms with Crippen molar-refractivity contribution in [3.63, 3.8) is 0 Å². The number of carbonyl (C=O) groups excluding carboxylic acids is 2. The van der Waals surface area contributed by atoms with Gasteiger partial charge in [-0.2, -0.15) is 0 Å². The van der Waals surface area contributed by atoms with E-state index in [0.717, 1.165) is 19.3 Å². The van der Waals surface area contributed by atoms with Gasteiger partial charge in [-0.15, -0.1) is 0 Å². The summed E-state index contributed by atoms with van der Waals surface area (Å²) in [6.07, 6.45) is 5.37. The number of aromatic nitrogens is 1.